The highest BCUT2D eigenvalue weighted by molar-refractivity contribution is 6.30. The van der Waals surface area contributed by atoms with Crippen LogP contribution in [0.1, 0.15) is 6.42 Å². The van der Waals surface area contributed by atoms with E-state index in [1.54, 1.807) is 0 Å². The van der Waals surface area contributed by atoms with Gasteiger partial charge in [0.2, 0.25) is 0 Å². The summed E-state index contributed by atoms with van der Waals surface area (Å²) in [5.41, 5.74) is 0. The fraction of sp³-hybridized carbons (Fsp3) is 0.444. The first-order valence-corrected chi connectivity index (χ1v) is 4.77. The number of rotatable bonds is 3. The maximum atomic E-state index is 13.2. The van der Waals surface area contributed by atoms with Crippen LogP contribution in [0.4, 0.5) is 10.2 Å². The molecule has 5 heteroatoms. The third kappa shape index (κ3) is 1.96. The molecule has 3 nitrogen and oxygen atoms in total. The zero-order chi connectivity index (χ0) is 10.1. The average molecular weight is 217 g/mol. The zero-order valence-corrected chi connectivity index (χ0v) is 8.13. The van der Waals surface area contributed by atoms with E-state index in [1.807, 2.05) is 0 Å². The second-order valence-electron chi connectivity index (χ2n) is 3.41. The minimum absolute atomic E-state index is 0.132. The third-order valence-electron chi connectivity index (χ3n) is 2.29. The summed E-state index contributed by atoms with van der Waals surface area (Å²) in [4.78, 5) is 3.83. The lowest BCUT2D eigenvalue weighted by molar-refractivity contribution is 0.275. The van der Waals surface area contributed by atoms with Crippen molar-refractivity contribution in [1.29, 1.82) is 0 Å². The molecule has 1 aromatic heterocycles. The molecule has 1 aliphatic rings. The van der Waals surface area contributed by atoms with Crippen molar-refractivity contribution < 1.29 is 9.50 Å². The summed E-state index contributed by atoms with van der Waals surface area (Å²) in [7, 11) is 0. The van der Waals surface area contributed by atoms with E-state index in [1.165, 1.54) is 12.3 Å². The minimum Gasteiger partial charge on any atom is -0.396 e. The van der Waals surface area contributed by atoms with Crippen LogP contribution in [0.5, 0.6) is 0 Å². The summed E-state index contributed by atoms with van der Waals surface area (Å²) in [6.07, 6.45) is 2.25. The lowest BCUT2D eigenvalue weighted by atomic mass is 10.4. The molecule has 1 aromatic rings. The summed E-state index contributed by atoms with van der Waals surface area (Å²) < 4.78 is 13.2. The second-order valence-corrected chi connectivity index (χ2v) is 3.85. The van der Waals surface area contributed by atoms with Gasteiger partial charge in [-0.2, -0.15) is 0 Å². The molecule has 0 radical (unpaired) electrons. The van der Waals surface area contributed by atoms with Crippen LogP contribution in [-0.4, -0.2) is 22.7 Å². The van der Waals surface area contributed by atoms with E-state index in [4.69, 9.17) is 16.7 Å². The molecular weight excluding hydrogens is 207 g/mol. The number of halogens is 2. The summed E-state index contributed by atoms with van der Waals surface area (Å²) in [6, 6.07) is 1.36. The normalized spacial score (nSPS) is 24.8. The van der Waals surface area contributed by atoms with Gasteiger partial charge in [-0.1, -0.05) is 11.6 Å². The van der Waals surface area contributed by atoms with Gasteiger partial charge in [0.05, 0.1) is 5.02 Å². The highest BCUT2D eigenvalue weighted by atomic mass is 35.5. The highest BCUT2D eigenvalue weighted by Crippen LogP contribution is 2.33. The van der Waals surface area contributed by atoms with Crippen LogP contribution in [0.2, 0.25) is 5.02 Å². The average Bonchev–Trinajstić information content (AvgIpc) is 2.89. The van der Waals surface area contributed by atoms with E-state index in [0.29, 0.717) is 0 Å². The van der Waals surface area contributed by atoms with Crippen LogP contribution >= 0.6 is 11.6 Å². The monoisotopic (exact) mass is 216 g/mol. The largest absolute Gasteiger partial charge is 0.396 e. The molecule has 2 N–H and O–H groups in total. The van der Waals surface area contributed by atoms with Gasteiger partial charge in [0.15, 0.2) is 11.6 Å². The first kappa shape index (κ1) is 9.68. The van der Waals surface area contributed by atoms with Crippen molar-refractivity contribution in [1.82, 2.24) is 4.98 Å². The van der Waals surface area contributed by atoms with E-state index < -0.39 is 5.82 Å². The fourth-order valence-corrected chi connectivity index (χ4v) is 1.47. The Balaban J connectivity index is 2.03. The molecule has 1 fully saturated rings. The van der Waals surface area contributed by atoms with Crippen molar-refractivity contribution in [2.75, 3.05) is 11.9 Å². The van der Waals surface area contributed by atoms with Crippen molar-refractivity contribution in [2.24, 2.45) is 5.92 Å². The predicted molar refractivity (Wildman–Crippen MR) is 51.8 cm³/mol. The summed E-state index contributed by atoms with van der Waals surface area (Å²) in [5, 5.41) is 12.0. The Labute approximate surface area is 85.9 Å². The number of hydrogen-bond donors (Lipinski definition) is 2. The summed E-state index contributed by atoms with van der Waals surface area (Å²) in [5.74, 6) is -0.0247. The quantitative estimate of drug-likeness (QED) is 0.808. The van der Waals surface area contributed by atoms with Gasteiger partial charge in [0, 0.05) is 24.8 Å². The topological polar surface area (TPSA) is 45.1 Å². The van der Waals surface area contributed by atoms with Crippen LogP contribution in [0.25, 0.3) is 0 Å². The number of pyridine rings is 1. The first-order chi connectivity index (χ1) is 6.70. The Morgan fingerprint density at radius 1 is 1.71 bits per heavy atom. The van der Waals surface area contributed by atoms with Crippen molar-refractivity contribution in [3.05, 3.63) is 23.1 Å². The maximum Gasteiger partial charge on any atom is 0.166 e. The Morgan fingerprint density at radius 2 is 2.50 bits per heavy atom. The van der Waals surface area contributed by atoms with Gasteiger partial charge in [-0.15, -0.1) is 0 Å². The minimum atomic E-state index is -0.457. The fourth-order valence-electron chi connectivity index (χ4n) is 1.32. The van der Waals surface area contributed by atoms with Gasteiger partial charge in [-0.05, 0) is 12.5 Å². The molecule has 0 aliphatic heterocycles. The molecule has 0 bridgehead atoms. The predicted octanol–water partition coefficient (Wildman–Crippen LogP) is 1.67. The molecule has 2 atom stereocenters. The van der Waals surface area contributed by atoms with Crippen LogP contribution in [-0.2, 0) is 0 Å². The SMILES string of the molecule is OC[C@@H]1C[C@H]1Nc1ncc(Cl)cc1F. The molecule has 1 aliphatic carbocycles. The molecule has 1 heterocycles. The third-order valence-corrected chi connectivity index (χ3v) is 2.49. The van der Waals surface area contributed by atoms with Gasteiger partial charge in [-0.3, -0.25) is 0 Å². The standard InChI is InChI=1S/C9H10ClFN2O/c10-6-2-7(11)9(12-3-6)13-8-1-5(8)4-14/h2-3,5,8,14H,1,4H2,(H,12,13)/t5-,8+/m0/s1. The lowest BCUT2D eigenvalue weighted by Gasteiger charge is -2.05. The number of hydrogen-bond acceptors (Lipinski definition) is 3. The second kappa shape index (κ2) is 3.71. The molecule has 14 heavy (non-hydrogen) atoms. The first-order valence-electron chi connectivity index (χ1n) is 4.39. The van der Waals surface area contributed by atoms with E-state index in [0.717, 1.165) is 6.42 Å². The van der Waals surface area contributed by atoms with Gasteiger partial charge in [-0.25, -0.2) is 9.37 Å². The number of aliphatic hydroxyl groups excluding tert-OH is 1. The lowest BCUT2D eigenvalue weighted by Crippen LogP contribution is -2.09. The Bertz CT molecular complexity index is 348. The number of nitrogens with one attached hydrogen (secondary N) is 1. The highest BCUT2D eigenvalue weighted by Gasteiger charge is 2.36. The van der Waals surface area contributed by atoms with Gasteiger partial charge in [0.25, 0.3) is 0 Å². The molecule has 0 amide bonds. The number of aliphatic hydroxyl groups is 1. The smallest absolute Gasteiger partial charge is 0.166 e. The number of anilines is 1. The van der Waals surface area contributed by atoms with E-state index >= 15 is 0 Å². The molecule has 2 rings (SSSR count). The van der Waals surface area contributed by atoms with Crippen molar-refractivity contribution in [2.45, 2.75) is 12.5 Å². The Kier molecular flexibility index (Phi) is 2.56. The van der Waals surface area contributed by atoms with Crippen LogP contribution in [0.3, 0.4) is 0 Å². The van der Waals surface area contributed by atoms with E-state index in [9.17, 15) is 4.39 Å². The maximum absolute atomic E-state index is 13.2. The van der Waals surface area contributed by atoms with Crippen LogP contribution in [0.15, 0.2) is 12.3 Å². The van der Waals surface area contributed by atoms with Crippen molar-refractivity contribution in [3.63, 3.8) is 0 Å². The molecule has 0 saturated heterocycles. The number of aromatic nitrogens is 1. The molecule has 0 unspecified atom stereocenters. The zero-order valence-electron chi connectivity index (χ0n) is 7.37. The molecule has 1 saturated carbocycles. The van der Waals surface area contributed by atoms with Gasteiger partial charge < -0.3 is 10.4 Å². The van der Waals surface area contributed by atoms with E-state index in [2.05, 4.69) is 10.3 Å². The van der Waals surface area contributed by atoms with Gasteiger partial charge in [0.1, 0.15) is 0 Å². The molecular formula is C9H10ClFN2O. The van der Waals surface area contributed by atoms with Crippen molar-refractivity contribution in [3.8, 4) is 0 Å². The summed E-state index contributed by atoms with van der Waals surface area (Å²) in [6.45, 7) is 0.132. The van der Waals surface area contributed by atoms with E-state index in [-0.39, 0.29) is 29.4 Å². The van der Waals surface area contributed by atoms with Gasteiger partial charge >= 0.3 is 0 Å². The molecule has 0 spiro atoms. The number of nitrogens with zero attached hydrogens (tertiary/aromatic N) is 1. The van der Waals surface area contributed by atoms with Crippen LogP contribution in [0, 0.1) is 11.7 Å². The molecule has 0 aromatic carbocycles. The Hall–Kier alpha value is -0.870. The van der Waals surface area contributed by atoms with Crippen molar-refractivity contribution >= 4 is 17.4 Å². The molecule has 76 valence electrons. The Morgan fingerprint density at radius 3 is 3.07 bits per heavy atom. The van der Waals surface area contributed by atoms with Crippen LogP contribution < -0.4 is 5.32 Å². The summed E-state index contributed by atoms with van der Waals surface area (Å²) >= 11 is 5.55.